The summed E-state index contributed by atoms with van der Waals surface area (Å²) in [5.74, 6) is 0. The average molecular weight is 195 g/mol. The summed E-state index contributed by atoms with van der Waals surface area (Å²) in [7, 11) is 0. The smallest absolute Gasteiger partial charge is 0.0621 e. The number of rotatable bonds is 7. The first-order chi connectivity index (χ1) is 6.88. The Hall–Kier alpha value is -0.590. The molecule has 0 spiro atoms. The molecule has 1 saturated heterocycles. The first kappa shape index (κ1) is 11.5. The Kier molecular flexibility index (Phi) is 5.58. The fourth-order valence-electron chi connectivity index (χ4n) is 1.81. The van der Waals surface area contributed by atoms with Crippen molar-refractivity contribution in [3.8, 4) is 6.07 Å². The van der Waals surface area contributed by atoms with Crippen LogP contribution in [0.5, 0.6) is 0 Å². The van der Waals surface area contributed by atoms with Gasteiger partial charge in [-0.25, -0.2) is 0 Å². The van der Waals surface area contributed by atoms with Gasteiger partial charge in [-0.1, -0.05) is 6.92 Å². The Morgan fingerprint density at radius 3 is 2.64 bits per heavy atom. The first-order valence-electron chi connectivity index (χ1n) is 5.70. The highest BCUT2D eigenvalue weighted by Crippen LogP contribution is 2.08. The molecule has 0 saturated carbocycles. The molecule has 1 aliphatic rings. The molecule has 0 atom stereocenters. The van der Waals surface area contributed by atoms with E-state index in [-0.39, 0.29) is 0 Å². The van der Waals surface area contributed by atoms with Crippen molar-refractivity contribution in [2.45, 2.75) is 38.6 Å². The quantitative estimate of drug-likeness (QED) is 0.623. The highest BCUT2D eigenvalue weighted by Gasteiger charge is 2.22. The Balaban J connectivity index is 2.11. The molecular formula is C11H21N3. The number of hydrogen-bond donors (Lipinski definition) is 1. The maximum absolute atomic E-state index is 8.43. The van der Waals surface area contributed by atoms with Crippen LogP contribution in [0.1, 0.15) is 32.6 Å². The van der Waals surface area contributed by atoms with Crippen LogP contribution in [0, 0.1) is 11.3 Å². The summed E-state index contributed by atoms with van der Waals surface area (Å²) < 4.78 is 0. The third-order valence-corrected chi connectivity index (χ3v) is 2.77. The van der Waals surface area contributed by atoms with Crippen molar-refractivity contribution in [3.63, 3.8) is 0 Å². The van der Waals surface area contributed by atoms with E-state index < -0.39 is 0 Å². The standard InChI is InChI=1S/C11H21N3/c1-2-7-14(11-9-13-10-11)8-5-3-4-6-12/h11,13H,2-5,7-10H2,1H3. The molecule has 3 nitrogen and oxygen atoms in total. The van der Waals surface area contributed by atoms with Gasteiger partial charge in [0.05, 0.1) is 6.07 Å². The molecule has 80 valence electrons. The molecule has 1 N–H and O–H groups in total. The minimum Gasteiger partial charge on any atom is -0.314 e. The van der Waals surface area contributed by atoms with Gasteiger partial charge in [-0.05, 0) is 32.4 Å². The molecular weight excluding hydrogens is 174 g/mol. The lowest BCUT2D eigenvalue weighted by molar-refractivity contribution is 0.143. The molecule has 0 unspecified atom stereocenters. The molecule has 0 bridgehead atoms. The molecule has 0 aromatic heterocycles. The summed E-state index contributed by atoms with van der Waals surface area (Å²) in [6.07, 6.45) is 4.17. The monoisotopic (exact) mass is 195 g/mol. The minimum absolute atomic E-state index is 0.711. The number of nitrogens with one attached hydrogen (secondary N) is 1. The van der Waals surface area contributed by atoms with Crippen LogP contribution in [0.15, 0.2) is 0 Å². The van der Waals surface area contributed by atoms with Crippen LogP contribution in [-0.2, 0) is 0 Å². The zero-order chi connectivity index (χ0) is 10.2. The number of unbranched alkanes of at least 4 members (excludes halogenated alkanes) is 2. The third-order valence-electron chi connectivity index (χ3n) is 2.77. The molecule has 1 aliphatic heterocycles. The van der Waals surface area contributed by atoms with Crippen molar-refractivity contribution in [2.24, 2.45) is 0 Å². The fraction of sp³-hybridized carbons (Fsp3) is 0.909. The summed E-state index contributed by atoms with van der Waals surface area (Å²) >= 11 is 0. The van der Waals surface area contributed by atoms with Crippen LogP contribution in [0.3, 0.4) is 0 Å². The number of nitrogens with zero attached hydrogens (tertiary/aromatic N) is 2. The van der Waals surface area contributed by atoms with E-state index in [2.05, 4.69) is 23.2 Å². The van der Waals surface area contributed by atoms with Crippen molar-refractivity contribution in [2.75, 3.05) is 26.2 Å². The highest BCUT2D eigenvalue weighted by molar-refractivity contribution is 4.84. The molecule has 0 aromatic carbocycles. The van der Waals surface area contributed by atoms with Crippen LogP contribution in [0.4, 0.5) is 0 Å². The number of hydrogen-bond acceptors (Lipinski definition) is 3. The van der Waals surface area contributed by atoms with E-state index in [0.717, 1.165) is 25.6 Å². The summed E-state index contributed by atoms with van der Waals surface area (Å²) in [5, 5.41) is 11.7. The predicted molar refractivity (Wildman–Crippen MR) is 58.0 cm³/mol. The Bertz CT molecular complexity index is 181. The zero-order valence-electron chi connectivity index (χ0n) is 9.13. The van der Waals surface area contributed by atoms with Crippen LogP contribution in [0.25, 0.3) is 0 Å². The number of nitriles is 1. The van der Waals surface area contributed by atoms with E-state index >= 15 is 0 Å². The van der Waals surface area contributed by atoms with Crippen LogP contribution in [-0.4, -0.2) is 37.1 Å². The van der Waals surface area contributed by atoms with E-state index in [1.165, 1.54) is 25.9 Å². The summed E-state index contributed by atoms with van der Waals surface area (Å²) in [4.78, 5) is 2.56. The lowest BCUT2D eigenvalue weighted by atomic mass is 10.1. The molecule has 0 radical (unpaired) electrons. The fourth-order valence-corrected chi connectivity index (χ4v) is 1.81. The summed E-state index contributed by atoms with van der Waals surface area (Å²) in [6, 6.07) is 2.96. The largest absolute Gasteiger partial charge is 0.314 e. The van der Waals surface area contributed by atoms with Crippen molar-refractivity contribution in [1.82, 2.24) is 10.2 Å². The van der Waals surface area contributed by atoms with Gasteiger partial charge >= 0.3 is 0 Å². The predicted octanol–water partition coefficient (Wildman–Crippen LogP) is 1.36. The van der Waals surface area contributed by atoms with Crippen molar-refractivity contribution in [1.29, 1.82) is 5.26 Å². The Morgan fingerprint density at radius 2 is 2.14 bits per heavy atom. The lowest BCUT2D eigenvalue weighted by Gasteiger charge is -2.38. The van der Waals surface area contributed by atoms with E-state index in [0.29, 0.717) is 6.42 Å². The summed E-state index contributed by atoms with van der Waals surface area (Å²) in [6.45, 7) is 6.91. The summed E-state index contributed by atoms with van der Waals surface area (Å²) in [5.41, 5.74) is 0. The van der Waals surface area contributed by atoms with E-state index in [1.807, 2.05) is 0 Å². The van der Waals surface area contributed by atoms with E-state index in [4.69, 9.17) is 5.26 Å². The first-order valence-corrected chi connectivity index (χ1v) is 5.70. The van der Waals surface area contributed by atoms with Crippen molar-refractivity contribution < 1.29 is 0 Å². The van der Waals surface area contributed by atoms with Gasteiger partial charge < -0.3 is 5.32 Å². The molecule has 1 heterocycles. The van der Waals surface area contributed by atoms with E-state index in [9.17, 15) is 0 Å². The molecule has 0 amide bonds. The molecule has 14 heavy (non-hydrogen) atoms. The van der Waals surface area contributed by atoms with Gasteiger partial charge in [0.25, 0.3) is 0 Å². The lowest BCUT2D eigenvalue weighted by Crippen LogP contribution is -2.57. The van der Waals surface area contributed by atoms with Crippen molar-refractivity contribution in [3.05, 3.63) is 0 Å². The molecule has 3 heteroatoms. The Labute approximate surface area is 87.1 Å². The van der Waals surface area contributed by atoms with Crippen LogP contribution >= 0.6 is 0 Å². The molecule has 0 aromatic rings. The topological polar surface area (TPSA) is 39.1 Å². The second kappa shape index (κ2) is 6.80. The van der Waals surface area contributed by atoms with Crippen LogP contribution in [0.2, 0.25) is 0 Å². The minimum atomic E-state index is 0.711. The van der Waals surface area contributed by atoms with Gasteiger partial charge in [-0.15, -0.1) is 0 Å². The van der Waals surface area contributed by atoms with Gasteiger partial charge in [-0.2, -0.15) is 5.26 Å². The van der Waals surface area contributed by atoms with Crippen LogP contribution < -0.4 is 5.32 Å². The molecule has 1 fully saturated rings. The van der Waals surface area contributed by atoms with Gasteiger partial charge in [0.1, 0.15) is 0 Å². The molecule has 0 aliphatic carbocycles. The van der Waals surface area contributed by atoms with E-state index in [1.54, 1.807) is 0 Å². The normalized spacial score (nSPS) is 16.6. The zero-order valence-corrected chi connectivity index (χ0v) is 9.13. The van der Waals surface area contributed by atoms with Gasteiger partial charge in [0.15, 0.2) is 0 Å². The van der Waals surface area contributed by atoms with Crippen molar-refractivity contribution >= 4 is 0 Å². The second-order valence-corrected chi connectivity index (χ2v) is 3.96. The average Bonchev–Trinajstić information content (AvgIpc) is 2.10. The maximum atomic E-state index is 8.43. The van der Waals surface area contributed by atoms with Gasteiger partial charge in [0, 0.05) is 25.6 Å². The van der Waals surface area contributed by atoms with Gasteiger partial charge in [0.2, 0.25) is 0 Å². The Morgan fingerprint density at radius 1 is 1.36 bits per heavy atom. The SMILES string of the molecule is CCCN(CCCCC#N)C1CNC1. The maximum Gasteiger partial charge on any atom is 0.0621 e. The molecule has 1 rings (SSSR count). The highest BCUT2D eigenvalue weighted by atomic mass is 15.2. The third kappa shape index (κ3) is 3.65. The second-order valence-electron chi connectivity index (χ2n) is 3.96. The van der Waals surface area contributed by atoms with Gasteiger partial charge in [-0.3, -0.25) is 4.90 Å².